The van der Waals surface area contributed by atoms with Gasteiger partial charge in [-0.25, -0.2) is 0 Å². The summed E-state index contributed by atoms with van der Waals surface area (Å²) in [5.74, 6) is 0.722. The largest absolute Gasteiger partial charge is 0.486 e. The van der Waals surface area contributed by atoms with Crippen LogP contribution in [0.2, 0.25) is 0 Å². The number of anilines is 1. The topological polar surface area (TPSA) is 84.6 Å². The van der Waals surface area contributed by atoms with Crippen LogP contribution >= 0.6 is 0 Å². The number of hydrogen-bond donors (Lipinski definition) is 3. The summed E-state index contributed by atoms with van der Waals surface area (Å²) in [6, 6.07) is 5.32. The van der Waals surface area contributed by atoms with Crippen LogP contribution in [0.3, 0.4) is 0 Å². The summed E-state index contributed by atoms with van der Waals surface area (Å²) in [4.78, 5) is 11.3. The van der Waals surface area contributed by atoms with Crippen LogP contribution in [0.5, 0.6) is 5.75 Å². The van der Waals surface area contributed by atoms with Crippen molar-refractivity contribution in [3.63, 3.8) is 0 Å². The number of amides is 1. The van der Waals surface area contributed by atoms with Crippen LogP contribution in [-0.2, 0) is 11.2 Å². The molecule has 0 aromatic heterocycles. The number of nitrogens with one attached hydrogen (secondary N) is 1. The Morgan fingerprint density at radius 3 is 2.95 bits per heavy atom. The fourth-order valence-corrected chi connectivity index (χ4v) is 2.13. The lowest BCUT2D eigenvalue weighted by atomic mass is 10.0. The smallest absolute Gasteiger partial charge is 0.224 e. The highest BCUT2D eigenvalue weighted by Gasteiger charge is 2.19. The summed E-state index contributed by atoms with van der Waals surface area (Å²) in [5, 5.41) is 12.1. The number of ether oxygens (including phenoxy) is 1. The van der Waals surface area contributed by atoms with Crippen LogP contribution in [0, 0.1) is 0 Å². The Hall–Kier alpha value is -1.59. The van der Waals surface area contributed by atoms with Gasteiger partial charge in [0.1, 0.15) is 11.9 Å². The molecular formula is C14H20N2O3. The minimum atomic E-state index is -0.402. The highest BCUT2D eigenvalue weighted by molar-refractivity contribution is 5.93. The van der Waals surface area contributed by atoms with Gasteiger partial charge in [-0.3, -0.25) is 4.79 Å². The van der Waals surface area contributed by atoms with Gasteiger partial charge < -0.3 is 20.9 Å². The molecule has 0 bridgehead atoms. The normalized spacial score (nSPS) is 17.3. The molecule has 19 heavy (non-hydrogen) atoms. The van der Waals surface area contributed by atoms with Crippen molar-refractivity contribution in [2.75, 3.05) is 11.9 Å². The van der Waals surface area contributed by atoms with E-state index in [1.165, 1.54) is 0 Å². The molecule has 104 valence electrons. The Morgan fingerprint density at radius 1 is 1.47 bits per heavy atom. The molecule has 1 amide bonds. The van der Waals surface area contributed by atoms with E-state index in [2.05, 4.69) is 5.32 Å². The summed E-state index contributed by atoms with van der Waals surface area (Å²) in [6.45, 7) is 1.85. The predicted molar refractivity (Wildman–Crippen MR) is 73.2 cm³/mol. The number of hydrogen-bond acceptors (Lipinski definition) is 4. The number of carbonyl (C=O) groups is 1. The van der Waals surface area contributed by atoms with E-state index in [1.54, 1.807) is 6.07 Å². The third kappa shape index (κ3) is 3.24. The van der Waals surface area contributed by atoms with E-state index in [9.17, 15) is 9.90 Å². The van der Waals surface area contributed by atoms with E-state index in [4.69, 9.17) is 10.5 Å². The molecule has 1 aliphatic rings. The highest BCUT2D eigenvalue weighted by atomic mass is 16.5. The van der Waals surface area contributed by atoms with Crippen molar-refractivity contribution >= 4 is 11.6 Å². The molecule has 0 aliphatic carbocycles. The number of carbonyl (C=O) groups excluding carboxylic acids is 1. The molecule has 4 N–H and O–H groups in total. The van der Waals surface area contributed by atoms with Crippen molar-refractivity contribution in [3.8, 4) is 5.75 Å². The Labute approximate surface area is 112 Å². The summed E-state index contributed by atoms with van der Waals surface area (Å²) in [7, 11) is 0. The lowest BCUT2D eigenvalue weighted by Crippen LogP contribution is -2.41. The van der Waals surface area contributed by atoms with Crippen LogP contribution in [0.15, 0.2) is 18.2 Å². The first-order valence-electron chi connectivity index (χ1n) is 6.60. The number of nitrogens with two attached hydrogens (primary N) is 1. The lowest BCUT2D eigenvalue weighted by Gasteiger charge is -2.24. The van der Waals surface area contributed by atoms with Crippen LogP contribution in [0.25, 0.3) is 0 Å². The molecule has 0 saturated heterocycles. The van der Waals surface area contributed by atoms with Crippen LogP contribution in [0.4, 0.5) is 5.69 Å². The Balaban J connectivity index is 2.11. The Kier molecular flexibility index (Phi) is 4.39. The summed E-state index contributed by atoms with van der Waals surface area (Å²) in [5.41, 5.74) is 7.78. The number of aliphatic hydroxyl groups excluding tert-OH is 1. The standard InChI is InChI=1S/C14H20N2O3/c1-2-11(15)13(8-17)19-10-4-5-12-9(7-10)3-6-14(18)16-12/h4-5,7,11,13,17H,2-3,6,8,15H2,1H3,(H,16,18). The molecule has 1 aromatic rings. The number of benzene rings is 1. The van der Waals surface area contributed by atoms with Gasteiger partial charge in [0.05, 0.1) is 6.61 Å². The summed E-state index contributed by atoms with van der Waals surface area (Å²) in [6.07, 6.45) is 1.55. The second-order valence-corrected chi connectivity index (χ2v) is 4.78. The van der Waals surface area contributed by atoms with E-state index in [0.717, 1.165) is 17.7 Å². The SMILES string of the molecule is CCC(N)C(CO)Oc1ccc2c(c1)CCC(=O)N2. The fraction of sp³-hybridized carbons (Fsp3) is 0.500. The first-order valence-corrected chi connectivity index (χ1v) is 6.60. The molecule has 0 spiro atoms. The number of aryl methyl sites for hydroxylation is 1. The number of aliphatic hydroxyl groups is 1. The molecule has 0 saturated carbocycles. The molecule has 2 unspecified atom stereocenters. The van der Waals surface area contributed by atoms with Crippen molar-refractivity contribution in [2.45, 2.75) is 38.3 Å². The van der Waals surface area contributed by atoms with Gasteiger partial charge in [-0.1, -0.05) is 6.92 Å². The lowest BCUT2D eigenvalue weighted by molar-refractivity contribution is -0.116. The van der Waals surface area contributed by atoms with Crippen molar-refractivity contribution in [2.24, 2.45) is 5.73 Å². The second-order valence-electron chi connectivity index (χ2n) is 4.78. The summed E-state index contributed by atoms with van der Waals surface area (Å²) >= 11 is 0. The average molecular weight is 264 g/mol. The van der Waals surface area contributed by atoms with Gasteiger partial charge in [-0.2, -0.15) is 0 Å². The minimum Gasteiger partial charge on any atom is -0.486 e. The minimum absolute atomic E-state index is 0.0439. The fourth-order valence-electron chi connectivity index (χ4n) is 2.13. The van der Waals surface area contributed by atoms with Gasteiger partial charge in [0.15, 0.2) is 0 Å². The molecule has 2 atom stereocenters. The zero-order chi connectivity index (χ0) is 13.8. The van der Waals surface area contributed by atoms with Gasteiger partial charge >= 0.3 is 0 Å². The molecule has 5 nitrogen and oxygen atoms in total. The van der Waals surface area contributed by atoms with E-state index in [-0.39, 0.29) is 18.6 Å². The predicted octanol–water partition coefficient (Wildman–Crippen LogP) is 1.05. The zero-order valence-corrected chi connectivity index (χ0v) is 11.1. The first kappa shape index (κ1) is 13.8. The average Bonchev–Trinajstić information content (AvgIpc) is 2.44. The maximum Gasteiger partial charge on any atom is 0.224 e. The van der Waals surface area contributed by atoms with Crippen molar-refractivity contribution in [1.82, 2.24) is 0 Å². The molecule has 1 aromatic carbocycles. The Morgan fingerprint density at radius 2 is 2.26 bits per heavy atom. The maximum atomic E-state index is 11.3. The molecular weight excluding hydrogens is 244 g/mol. The van der Waals surface area contributed by atoms with Crippen molar-refractivity contribution in [1.29, 1.82) is 0 Å². The molecule has 0 fully saturated rings. The first-order chi connectivity index (χ1) is 9.13. The van der Waals surface area contributed by atoms with E-state index in [0.29, 0.717) is 18.6 Å². The molecule has 2 rings (SSSR count). The third-order valence-electron chi connectivity index (χ3n) is 3.39. The third-order valence-corrected chi connectivity index (χ3v) is 3.39. The maximum absolute atomic E-state index is 11.3. The van der Waals surface area contributed by atoms with Crippen LogP contribution in [0.1, 0.15) is 25.3 Å². The van der Waals surface area contributed by atoms with Gasteiger partial charge in [0, 0.05) is 18.2 Å². The monoisotopic (exact) mass is 264 g/mol. The van der Waals surface area contributed by atoms with Crippen molar-refractivity contribution < 1.29 is 14.6 Å². The van der Waals surface area contributed by atoms with E-state index >= 15 is 0 Å². The summed E-state index contributed by atoms with van der Waals surface area (Å²) < 4.78 is 5.72. The van der Waals surface area contributed by atoms with E-state index < -0.39 is 6.10 Å². The van der Waals surface area contributed by atoms with Crippen LogP contribution in [-0.4, -0.2) is 29.8 Å². The molecule has 1 aliphatic heterocycles. The van der Waals surface area contributed by atoms with Crippen LogP contribution < -0.4 is 15.8 Å². The van der Waals surface area contributed by atoms with Gasteiger partial charge in [-0.15, -0.1) is 0 Å². The zero-order valence-electron chi connectivity index (χ0n) is 11.1. The Bertz CT molecular complexity index is 462. The second kappa shape index (κ2) is 6.04. The number of rotatable bonds is 5. The van der Waals surface area contributed by atoms with Crippen molar-refractivity contribution in [3.05, 3.63) is 23.8 Å². The quantitative estimate of drug-likeness (QED) is 0.742. The molecule has 1 heterocycles. The number of fused-ring (bicyclic) bond motifs is 1. The molecule has 5 heteroatoms. The molecule has 0 radical (unpaired) electrons. The van der Waals surface area contributed by atoms with E-state index in [1.807, 2.05) is 19.1 Å². The van der Waals surface area contributed by atoms with Gasteiger partial charge in [-0.05, 0) is 36.6 Å². The highest BCUT2D eigenvalue weighted by Crippen LogP contribution is 2.27. The van der Waals surface area contributed by atoms with Gasteiger partial charge in [0.25, 0.3) is 0 Å². The van der Waals surface area contributed by atoms with Gasteiger partial charge in [0.2, 0.25) is 5.91 Å².